The number of aliphatic imine (C=N–C) groups is 2. The predicted octanol–water partition coefficient (Wildman–Crippen LogP) is 6.06. The maximum atomic E-state index is 11.0. The molecule has 1 aliphatic carbocycles. The molecule has 0 saturated carbocycles. The van der Waals surface area contributed by atoms with Gasteiger partial charge in [-0.05, 0) is 98.0 Å². The summed E-state index contributed by atoms with van der Waals surface area (Å²) in [5.41, 5.74) is 8.89. The second-order valence-corrected chi connectivity index (χ2v) is 11.8. The van der Waals surface area contributed by atoms with Crippen LogP contribution in [-0.2, 0) is 11.1 Å². The van der Waals surface area contributed by atoms with Crippen LogP contribution in [0, 0.1) is 0 Å². The lowest BCUT2D eigenvalue weighted by molar-refractivity contribution is 0.223. The third-order valence-electron chi connectivity index (χ3n) is 7.98. The molecule has 3 aliphatic rings. The van der Waals surface area contributed by atoms with E-state index in [2.05, 4.69) is 71.0 Å². The van der Waals surface area contributed by atoms with Gasteiger partial charge in [0.05, 0.1) is 11.8 Å². The molecule has 2 aromatic rings. The Hall–Kier alpha value is -2.35. The Morgan fingerprint density at radius 3 is 2.78 bits per heavy atom. The van der Waals surface area contributed by atoms with E-state index in [4.69, 9.17) is 4.55 Å². The third kappa shape index (κ3) is 5.48. The fourth-order valence-corrected chi connectivity index (χ4v) is 6.37. The molecular weight excluding hydrogens is 468 g/mol. The van der Waals surface area contributed by atoms with Gasteiger partial charge in [-0.1, -0.05) is 26.0 Å². The molecule has 0 radical (unpaired) electrons. The first kappa shape index (κ1) is 25.3. The lowest BCUT2D eigenvalue weighted by atomic mass is 9.87. The lowest BCUT2D eigenvalue weighted by Crippen LogP contribution is -2.35. The van der Waals surface area contributed by atoms with Gasteiger partial charge in [0.1, 0.15) is 6.34 Å². The first-order chi connectivity index (χ1) is 17.4. The summed E-state index contributed by atoms with van der Waals surface area (Å²) in [5.74, 6) is 1.27. The Labute approximate surface area is 217 Å². The van der Waals surface area contributed by atoms with E-state index in [0.717, 1.165) is 50.9 Å². The Balaban J connectivity index is 1.45. The molecule has 2 bridgehead atoms. The topological polar surface area (TPSA) is 81.0 Å². The molecule has 36 heavy (non-hydrogen) atoms. The second-order valence-electron chi connectivity index (χ2n) is 10.8. The maximum Gasteiger partial charge on any atom is 0.154 e. The number of piperidine rings is 1. The van der Waals surface area contributed by atoms with Crippen LogP contribution in [0.25, 0.3) is 16.5 Å². The maximum absolute atomic E-state index is 11.0. The van der Waals surface area contributed by atoms with Crippen LogP contribution in [-0.4, -0.2) is 62.1 Å². The van der Waals surface area contributed by atoms with Crippen molar-refractivity contribution < 1.29 is 8.76 Å². The average Bonchev–Trinajstić information content (AvgIpc) is 3.27. The summed E-state index contributed by atoms with van der Waals surface area (Å²) in [6.07, 6.45) is 11.6. The number of rotatable bonds is 6. The zero-order valence-electron chi connectivity index (χ0n) is 21.7. The summed E-state index contributed by atoms with van der Waals surface area (Å²) in [6.45, 7) is 9.43. The summed E-state index contributed by atoms with van der Waals surface area (Å²) >= 11 is -1.71. The normalized spacial score (nSPS) is 25.5. The molecule has 2 N–H and O–H groups in total. The highest BCUT2D eigenvalue weighted by atomic mass is 32.2. The summed E-state index contributed by atoms with van der Waals surface area (Å²) < 4.78 is 20.1. The largest absolute Gasteiger partial charge is 0.354 e. The Bertz CT molecular complexity index is 1260. The molecule has 1 fully saturated rings. The van der Waals surface area contributed by atoms with Crippen LogP contribution in [0.4, 0.5) is 0 Å². The van der Waals surface area contributed by atoms with E-state index in [1.165, 1.54) is 38.9 Å². The number of likely N-dealkylation sites (tertiary alicyclic amines) is 1. The molecule has 7 heteroatoms. The van der Waals surface area contributed by atoms with E-state index in [1.54, 1.807) is 6.34 Å². The van der Waals surface area contributed by atoms with Gasteiger partial charge in [-0.2, -0.15) is 0 Å². The first-order valence-electron chi connectivity index (χ1n) is 13.3. The molecule has 1 aromatic heterocycles. The molecule has 2 aliphatic heterocycles. The quantitative estimate of drug-likeness (QED) is 0.468. The number of benzene rings is 1. The predicted molar refractivity (Wildman–Crippen MR) is 152 cm³/mol. The number of aromatic nitrogens is 1. The monoisotopic (exact) mass is 506 g/mol. The van der Waals surface area contributed by atoms with Crippen molar-refractivity contribution in [3.8, 4) is 0 Å². The van der Waals surface area contributed by atoms with Crippen molar-refractivity contribution in [2.24, 2.45) is 9.98 Å². The SMILES string of the molecule is C/C1=C/C(c2[nH]c3ccc(C4CCN(CCS(=O)O)CC4)cc3c2C(C)C)=C\CCC2CC1=NC=N2. The number of nitrogens with zero attached hydrogens (tertiary/aromatic N) is 3. The highest BCUT2D eigenvalue weighted by Crippen LogP contribution is 2.38. The molecule has 1 saturated heterocycles. The number of nitrogens with one attached hydrogen (secondary N) is 1. The van der Waals surface area contributed by atoms with E-state index in [-0.39, 0.29) is 0 Å². The molecule has 1 aromatic carbocycles. The first-order valence-corrected chi connectivity index (χ1v) is 14.6. The van der Waals surface area contributed by atoms with Crippen LogP contribution in [0.1, 0.15) is 81.5 Å². The van der Waals surface area contributed by atoms with E-state index < -0.39 is 11.1 Å². The minimum absolute atomic E-state index is 0.337. The summed E-state index contributed by atoms with van der Waals surface area (Å²) in [6, 6.07) is 7.32. The van der Waals surface area contributed by atoms with E-state index >= 15 is 0 Å². The van der Waals surface area contributed by atoms with Gasteiger partial charge in [-0.25, -0.2) is 9.20 Å². The van der Waals surface area contributed by atoms with E-state index in [9.17, 15) is 4.21 Å². The van der Waals surface area contributed by atoms with E-state index in [1.807, 2.05) is 0 Å². The highest BCUT2D eigenvalue weighted by molar-refractivity contribution is 7.79. The zero-order chi connectivity index (χ0) is 25.2. The Morgan fingerprint density at radius 1 is 1.22 bits per heavy atom. The van der Waals surface area contributed by atoms with Crippen LogP contribution in [0.5, 0.6) is 0 Å². The van der Waals surface area contributed by atoms with Crippen LogP contribution in [0.2, 0.25) is 0 Å². The molecular formula is C29H38N4O2S. The summed E-state index contributed by atoms with van der Waals surface area (Å²) in [7, 11) is 0. The van der Waals surface area contributed by atoms with Gasteiger partial charge < -0.3 is 14.4 Å². The van der Waals surface area contributed by atoms with Crippen molar-refractivity contribution >= 4 is 39.6 Å². The molecule has 3 heterocycles. The fraction of sp³-hybridized carbons (Fsp3) is 0.517. The smallest absolute Gasteiger partial charge is 0.154 e. The number of fused-ring (bicyclic) bond motifs is 3. The van der Waals surface area contributed by atoms with Gasteiger partial charge in [0.2, 0.25) is 0 Å². The molecule has 192 valence electrons. The molecule has 2 atom stereocenters. The number of aromatic amines is 1. The molecule has 0 amide bonds. The lowest BCUT2D eigenvalue weighted by Gasteiger charge is -2.32. The van der Waals surface area contributed by atoms with Crippen molar-refractivity contribution in [3.63, 3.8) is 0 Å². The van der Waals surface area contributed by atoms with Gasteiger partial charge >= 0.3 is 0 Å². The second kappa shape index (κ2) is 11.0. The van der Waals surface area contributed by atoms with Crippen molar-refractivity contribution in [3.05, 3.63) is 52.7 Å². The number of H-pyrrole nitrogens is 1. The number of hydrogen-bond donors (Lipinski definition) is 2. The van der Waals surface area contributed by atoms with Crippen molar-refractivity contribution in [2.75, 3.05) is 25.4 Å². The van der Waals surface area contributed by atoms with Gasteiger partial charge in [-0.15, -0.1) is 0 Å². The molecule has 6 nitrogen and oxygen atoms in total. The standard InChI is InChI=1S/C29H38N4O2S/c1-19(2)28-25-16-22(21-9-11-33(12-10-21)13-14-36(34)35)7-8-26(25)32-29(28)23-5-4-6-24-17-27(20(3)15-23)31-18-30-24/h5,7-8,15-16,18-19,21,24,32H,4,6,9-14,17H2,1-3H3,(H,34,35)/b20-15-,23-5+. The van der Waals surface area contributed by atoms with E-state index in [0.29, 0.717) is 30.2 Å². The van der Waals surface area contributed by atoms with Gasteiger partial charge in [0.25, 0.3) is 0 Å². The minimum Gasteiger partial charge on any atom is -0.354 e. The van der Waals surface area contributed by atoms with Crippen LogP contribution in [0.3, 0.4) is 0 Å². The zero-order valence-corrected chi connectivity index (χ0v) is 22.5. The molecule has 5 rings (SSSR count). The Kier molecular flexibility index (Phi) is 7.70. The van der Waals surface area contributed by atoms with Crippen LogP contribution >= 0.6 is 0 Å². The third-order valence-corrected chi connectivity index (χ3v) is 8.51. The number of allylic oxidation sites excluding steroid dienone is 4. The van der Waals surface area contributed by atoms with Crippen molar-refractivity contribution in [2.45, 2.75) is 70.8 Å². The van der Waals surface area contributed by atoms with Crippen molar-refractivity contribution in [1.82, 2.24) is 9.88 Å². The van der Waals surface area contributed by atoms with Crippen molar-refractivity contribution in [1.29, 1.82) is 0 Å². The minimum atomic E-state index is -1.71. The fourth-order valence-electron chi connectivity index (χ4n) is 5.95. The van der Waals surface area contributed by atoms with Gasteiger partial charge in [0, 0.05) is 35.3 Å². The van der Waals surface area contributed by atoms with Gasteiger partial charge in [-0.3, -0.25) is 4.99 Å². The van der Waals surface area contributed by atoms with Crippen LogP contribution in [0.15, 0.2) is 45.9 Å². The number of hydrogen-bond acceptors (Lipinski definition) is 4. The van der Waals surface area contributed by atoms with Crippen LogP contribution < -0.4 is 0 Å². The average molecular weight is 507 g/mol. The molecule has 2 unspecified atom stereocenters. The summed E-state index contributed by atoms with van der Waals surface area (Å²) in [5, 5.41) is 1.34. The Morgan fingerprint density at radius 2 is 2.03 bits per heavy atom. The summed E-state index contributed by atoms with van der Waals surface area (Å²) in [4.78, 5) is 15.3. The molecule has 0 spiro atoms. The van der Waals surface area contributed by atoms with Gasteiger partial charge in [0.15, 0.2) is 11.1 Å². The highest BCUT2D eigenvalue weighted by Gasteiger charge is 2.24.